The molecule has 0 bridgehead atoms. The van der Waals surface area contributed by atoms with Gasteiger partial charge >= 0.3 is 0 Å². The minimum atomic E-state index is -3.52. The van der Waals surface area contributed by atoms with Crippen LogP contribution in [0.3, 0.4) is 0 Å². The number of fused-ring (bicyclic) bond motifs is 1. The molecule has 0 saturated heterocycles. The van der Waals surface area contributed by atoms with Crippen molar-refractivity contribution in [2.45, 2.75) is 12.2 Å². The van der Waals surface area contributed by atoms with Crippen molar-refractivity contribution in [1.29, 1.82) is 0 Å². The number of nitrogens with two attached hydrogens (primary N) is 1. The summed E-state index contributed by atoms with van der Waals surface area (Å²) in [7, 11) is -3.52. The molecular weight excluding hydrogens is 292 g/mol. The third kappa shape index (κ3) is 3.71. The minimum Gasteiger partial charge on any atom is -0.350 e. The van der Waals surface area contributed by atoms with Crippen LogP contribution in [0, 0.1) is 0 Å². The van der Waals surface area contributed by atoms with Gasteiger partial charge in [0.05, 0.1) is 10.6 Å². The highest BCUT2D eigenvalue weighted by Gasteiger charge is 2.17. The molecule has 2 rings (SSSR count). The first-order chi connectivity index (χ1) is 8.46. The van der Waals surface area contributed by atoms with Crippen molar-refractivity contribution in [3.63, 3.8) is 0 Å². The quantitative estimate of drug-likeness (QED) is 0.850. The molecule has 0 atom stereocenters. The van der Waals surface area contributed by atoms with Gasteiger partial charge in [0.25, 0.3) is 5.91 Å². The first kappa shape index (κ1) is 13.9. The van der Waals surface area contributed by atoms with E-state index in [9.17, 15) is 13.2 Å². The molecule has 0 fully saturated rings. The summed E-state index contributed by atoms with van der Waals surface area (Å²) in [5, 5.41) is 7.43. The molecule has 2 heterocycles. The molecule has 0 saturated carbocycles. The number of thiophene rings is 1. The number of sulfonamides is 1. The van der Waals surface area contributed by atoms with Gasteiger partial charge in [0, 0.05) is 17.2 Å². The van der Waals surface area contributed by atoms with Gasteiger partial charge in [-0.1, -0.05) is 0 Å². The van der Waals surface area contributed by atoms with E-state index in [1.54, 1.807) is 0 Å². The molecule has 0 spiro atoms. The number of carbonyl (C=O) groups excluding carboxylic acids is 1. The zero-order valence-electron chi connectivity index (χ0n) is 9.64. The lowest BCUT2D eigenvalue weighted by atomic mass is 10.2. The number of rotatable bonds is 4. The Labute approximate surface area is 114 Å². The highest BCUT2D eigenvalue weighted by molar-refractivity contribution is 7.98. The first-order valence-corrected chi connectivity index (χ1v) is 9.12. The Bertz CT molecular complexity index is 527. The zero-order valence-corrected chi connectivity index (χ0v) is 12.1. The Morgan fingerprint density at radius 3 is 2.94 bits per heavy atom. The van der Waals surface area contributed by atoms with Crippen molar-refractivity contribution < 1.29 is 13.2 Å². The predicted molar refractivity (Wildman–Crippen MR) is 74.5 cm³/mol. The standard InChI is InChI=1S/C10H14N2O3S3/c11-18(14,15)4-2-12-10(13)9-5-7-6-16-3-1-8(7)17-9/h5H,1-4,6H2,(H,12,13)(H2,11,14,15). The summed E-state index contributed by atoms with van der Waals surface area (Å²) in [6.07, 6.45) is 1.01. The van der Waals surface area contributed by atoms with Crippen LogP contribution >= 0.6 is 23.1 Å². The Hall–Kier alpha value is -0.570. The average Bonchev–Trinajstić information content (AvgIpc) is 2.70. The fourth-order valence-corrected chi connectivity index (χ4v) is 4.33. The summed E-state index contributed by atoms with van der Waals surface area (Å²) >= 11 is 3.36. The molecule has 1 aromatic heterocycles. The highest BCUT2D eigenvalue weighted by Crippen LogP contribution is 2.31. The van der Waals surface area contributed by atoms with E-state index in [1.165, 1.54) is 21.8 Å². The molecule has 8 heteroatoms. The van der Waals surface area contributed by atoms with Crippen molar-refractivity contribution in [3.05, 3.63) is 21.4 Å². The normalized spacial score (nSPS) is 15.2. The fraction of sp³-hybridized carbons (Fsp3) is 0.500. The molecule has 1 aliphatic rings. The Morgan fingerprint density at radius 2 is 2.28 bits per heavy atom. The number of carbonyl (C=O) groups is 1. The van der Waals surface area contributed by atoms with Gasteiger partial charge in [0.15, 0.2) is 0 Å². The summed E-state index contributed by atoms with van der Waals surface area (Å²) in [5.74, 6) is 1.60. The third-order valence-electron chi connectivity index (χ3n) is 2.52. The second-order valence-electron chi connectivity index (χ2n) is 3.98. The second-order valence-corrected chi connectivity index (χ2v) is 7.96. The van der Waals surface area contributed by atoms with E-state index in [0.717, 1.165) is 17.9 Å². The predicted octanol–water partition coefficient (Wildman–Crippen LogP) is 0.556. The number of nitrogens with one attached hydrogen (secondary N) is 1. The van der Waals surface area contributed by atoms with Gasteiger partial charge in [-0.25, -0.2) is 13.6 Å². The number of hydrogen-bond donors (Lipinski definition) is 2. The smallest absolute Gasteiger partial charge is 0.261 e. The molecule has 18 heavy (non-hydrogen) atoms. The van der Waals surface area contributed by atoms with Crippen molar-refractivity contribution in [2.24, 2.45) is 5.14 Å². The largest absolute Gasteiger partial charge is 0.350 e. The van der Waals surface area contributed by atoms with Crippen LogP contribution in [0.25, 0.3) is 0 Å². The molecule has 5 nitrogen and oxygen atoms in total. The lowest BCUT2D eigenvalue weighted by Crippen LogP contribution is -2.31. The Morgan fingerprint density at radius 1 is 1.50 bits per heavy atom. The summed E-state index contributed by atoms with van der Waals surface area (Å²) < 4.78 is 21.5. The molecule has 1 aromatic rings. The van der Waals surface area contributed by atoms with Crippen molar-refractivity contribution in [3.8, 4) is 0 Å². The zero-order chi connectivity index (χ0) is 13.2. The van der Waals surface area contributed by atoms with E-state index in [4.69, 9.17) is 5.14 Å². The number of aryl methyl sites for hydroxylation is 1. The van der Waals surface area contributed by atoms with E-state index in [0.29, 0.717) is 4.88 Å². The second kappa shape index (κ2) is 5.60. The molecule has 0 aromatic carbocycles. The monoisotopic (exact) mass is 306 g/mol. The van der Waals surface area contributed by atoms with Crippen LogP contribution in [-0.4, -0.2) is 32.4 Å². The Kier molecular flexibility index (Phi) is 4.31. The molecular formula is C10H14N2O3S3. The van der Waals surface area contributed by atoms with E-state index in [-0.39, 0.29) is 18.2 Å². The average molecular weight is 306 g/mol. The third-order valence-corrected chi connectivity index (χ3v) is 5.54. The maximum absolute atomic E-state index is 11.8. The first-order valence-electron chi connectivity index (χ1n) is 5.44. The molecule has 1 aliphatic heterocycles. The number of primary sulfonamides is 1. The van der Waals surface area contributed by atoms with E-state index in [2.05, 4.69) is 5.32 Å². The summed E-state index contributed by atoms with van der Waals surface area (Å²) in [6.45, 7) is 0.0506. The SMILES string of the molecule is NS(=O)(=O)CCNC(=O)c1cc2c(s1)CCSC2. The summed E-state index contributed by atoms with van der Waals surface area (Å²) in [5.41, 5.74) is 1.23. The number of amides is 1. The van der Waals surface area contributed by atoms with Gasteiger partial charge in [0.1, 0.15) is 0 Å². The highest BCUT2D eigenvalue weighted by atomic mass is 32.2. The van der Waals surface area contributed by atoms with Gasteiger partial charge in [-0.05, 0) is 23.8 Å². The Balaban J connectivity index is 1.95. The van der Waals surface area contributed by atoms with Crippen LogP contribution in [-0.2, 0) is 22.2 Å². The van der Waals surface area contributed by atoms with Crippen LogP contribution in [0.2, 0.25) is 0 Å². The topological polar surface area (TPSA) is 89.3 Å². The maximum Gasteiger partial charge on any atom is 0.261 e. The van der Waals surface area contributed by atoms with Gasteiger partial charge in [-0.3, -0.25) is 4.79 Å². The molecule has 100 valence electrons. The lowest BCUT2D eigenvalue weighted by molar-refractivity contribution is 0.0960. The van der Waals surface area contributed by atoms with Crippen LogP contribution in [0.4, 0.5) is 0 Å². The molecule has 0 aliphatic carbocycles. The van der Waals surface area contributed by atoms with Crippen LogP contribution in [0.1, 0.15) is 20.1 Å². The number of hydrogen-bond acceptors (Lipinski definition) is 5. The van der Waals surface area contributed by atoms with Crippen molar-refractivity contribution in [1.82, 2.24) is 5.32 Å². The lowest BCUT2D eigenvalue weighted by Gasteiger charge is -2.08. The molecule has 0 radical (unpaired) electrons. The van der Waals surface area contributed by atoms with E-state index in [1.807, 2.05) is 17.8 Å². The van der Waals surface area contributed by atoms with E-state index >= 15 is 0 Å². The van der Waals surface area contributed by atoms with Gasteiger partial charge in [-0.2, -0.15) is 11.8 Å². The summed E-state index contributed by atoms with van der Waals surface area (Å²) in [6, 6.07) is 1.90. The van der Waals surface area contributed by atoms with Crippen molar-refractivity contribution >= 4 is 39.0 Å². The maximum atomic E-state index is 11.8. The molecule has 1 amide bonds. The van der Waals surface area contributed by atoms with Crippen molar-refractivity contribution in [2.75, 3.05) is 18.1 Å². The van der Waals surface area contributed by atoms with E-state index < -0.39 is 10.0 Å². The number of thioether (sulfide) groups is 1. The summed E-state index contributed by atoms with van der Waals surface area (Å²) in [4.78, 5) is 13.7. The minimum absolute atomic E-state index is 0.0506. The van der Waals surface area contributed by atoms with Gasteiger partial charge in [0.2, 0.25) is 10.0 Å². The fourth-order valence-electron chi connectivity index (χ4n) is 1.65. The van der Waals surface area contributed by atoms with Crippen LogP contribution in [0.5, 0.6) is 0 Å². The van der Waals surface area contributed by atoms with Gasteiger partial charge in [-0.15, -0.1) is 11.3 Å². The van der Waals surface area contributed by atoms with Gasteiger partial charge < -0.3 is 5.32 Å². The van der Waals surface area contributed by atoms with Crippen LogP contribution < -0.4 is 10.5 Å². The van der Waals surface area contributed by atoms with Crippen LogP contribution in [0.15, 0.2) is 6.07 Å². The molecule has 0 unspecified atom stereocenters. The molecule has 3 N–H and O–H groups in total.